The van der Waals surface area contributed by atoms with E-state index in [2.05, 4.69) is 10.3 Å². The predicted octanol–water partition coefficient (Wildman–Crippen LogP) is 3.23. The molecular formula is C14H12FN3O. The highest BCUT2D eigenvalue weighted by atomic mass is 19.1. The second kappa shape index (κ2) is 5.83. The molecule has 0 spiro atoms. The Labute approximate surface area is 110 Å². The molecule has 0 aliphatic rings. The van der Waals surface area contributed by atoms with E-state index in [0.29, 0.717) is 23.7 Å². The van der Waals surface area contributed by atoms with Gasteiger partial charge in [0.25, 0.3) is 0 Å². The van der Waals surface area contributed by atoms with Crippen molar-refractivity contribution < 1.29 is 9.13 Å². The zero-order valence-corrected chi connectivity index (χ0v) is 10.4. The van der Waals surface area contributed by atoms with Crippen LogP contribution in [-0.2, 0) is 0 Å². The Morgan fingerprint density at radius 1 is 1.32 bits per heavy atom. The highest BCUT2D eigenvalue weighted by Crippen LogP contribution is 2.23. The lowest BCUT2D eigenvalue weighted by atomic mass is 10.2. The number of anilines is 2. The molecule has 0 unspecified atom stereocenters. The fraction of sp³-hybridized carbons (Fsp3) is 0.143. The van der Waals surface area contributed by atoms with E-state index >= 15 is 0 Å². The molecule has 0 fully saturated rings. The monoisotopic (exact) mass is 257 g/mol. The van der Waals surface area contributed by atoms with Crippen LogP contribution in [-0.4, -0.2) is 11.6 Å². The van der Waals surface area contributed by atoms with Crippen LogP contribution in [0.3, 0.4) is 0 Å². The number of nitrogens with one attached hydrogen (secondary N) is 1. The highest BCUT2D eigenvalue weighted by molar-refractivity contribution is 5.60. The predicted molar refractivity (Wildman–Crippen MR) is 69.8 cm³/mol. The Balaban J connectivity index is 2.14. The molecular weight excluding hydrogens is 245 g/mol. The fourth-order valence-corrected chi connectivity index (χ4v) is 1.55. The molecule has 19 heavy (non-hydrogen) atoms. The summed E-state index contributed by atoms with van der Waals surface area (Å²) in [6, 6.07) is 9.86. The number of hydrogen-bond donors (Lipinski definition) is 1. The molecule has 96 valence electrons. The van der Waals surface area contributed by atoms with Crippen molar-refractivity contribution in [3.8, 4) is 11.8 Å². The van der Waals surface area contributed by atoms with Crippen LogP contribution in [0.5, 0.6) is 5.75 Å². The van der Waals surface area contributed by atoms with E-state index in [-0.39, 0.29) is 5.75 Å². The third kappa shape index (κ3) is 3.19. The first-order chi connectivity index (χ1) is 9.22. The summed E-state index contributed by atoms with van der Waals surface area (Å²) >= 11 is 0. The normalized spacial score (nSPS) is 9.74. The number of nitrogens with zero attached hydrogens (tertiary/aromatic N) is 2. The van der Waals surface area contributed by atoms with Crippen molar-refractivity contribution in [2.45, 2.75) is 6.92 Å². The van der Waals surface area contributed by atoms with Gasteiger partial charge < -0.3 is 10.1 Å². The number of hydrogen-bond acceptors (Lipinski definition) is 4. The molecule has 1 N–H and O–H groups in total. The summed E-state index contributed by atoms with van der Waals surface area (Å²) in [5.74, 6) is -0.195. The lowest BCUT2D eigenvalue weighted by Crippen LogP contribution is -1.97. The SMILES string of the molecule is CCOc1ccc(Nc2ccc(C#N)nc2)cc1F. The average Bonchev–Trinajstić information content (AvgIpc) is 2.43. The Morgan fingerprint density at radius 3 is 2.68 bits per heavy atom. The average molecular weight is 257 g/mol. The number of benzene rings is 1. The van der Waals surface area contributed by atoms with Crippen LogP contribution in [0.1, 0.15) is 12.6 Å². The first kappa shape index (κ1) is 12.8. The second-order valence-corrected chi connectivity index (χ2v) is 3.75. The van der Waals surface area contributed by atoms with Crippen LogP contribution >= 0.6 is 0 Å². The number of rotatable bonds is 4. The summed E-state index contributed by atoms with van der Waals surface area (Å²) in [7, 11) is 0. The first-order valence-electron chi connectivity index (χ1n) is 5.78. The van der Waals surface area contributed by atoms with Crippen molar-refractivity contribution in [1.29, 1.82) is 5.26 Å². The molecule has 5 heteroatoms. The molecule has 2 aromatic rings. The molecule has 0 amide bonds. The number of aromatic nitrogens is 1. The van der Waals surface area contributed by atoms with Gasteiger partial charge in [-0.25, -0.2) is 9.37 Å². The van der Waals surface area contributed by atoms with Crippen molar-refractivity contribution in [3.05, 3.63) is 48.0 Å². The van der Waals surface area contributed by atoms with Gasteiger partial charge in [0.15, 0.2) is 11.6 Å². The fourth-order valence-electron chi connectivity index (χ4n) is 1.55. The van der Waals surface area contributed by atoms with Gasteiger partial charge >= 0.3 is 0 Å². The van der Waals surface area contributed by atoms with Crippen LogP contribution in [0.15, 0.2) is 36.5 Å². The summed E-state index contributed by atoms with van der Waals surface area (Å²) in [5, 5.41) is 11.6. The minimum Gasteiger partial charge on any atom is -0.491 e. The zero-order valence-electron chi connectivity index (χ0n) is 10.4. The molecule has 0 aliphatic carbocycles. The van der Waals surface area contributed by atoms with E-state index < -0.39 is 5.82 Å². The summed E-state index contributed by atoms with van der Waals surface area (Å²) < 4.78 is 18.8. The van der Waals surface area contributed by atoms with Gasteiger partial charge in [0.05, 0.1) is 18.5 Å². The Bertz CT molecular complexity index is 605. The standard InChI is InChI=1S/C14H12FN3O/c1-2-19-14-6-5-10(7-13(14)15)18-12-4-3-11(8-16)17-9-12/h3-7,9,18H,2H2,1H3. The number of halogens is 1. The minimum absolute atomic E-state index is 0.228. The topological polar surface area (TPSA) is 57.9 Å². The van der Waals surface area contributed by atoms with E-state index in [1.165, 1.54) is 12.3 Å². The summed E-state index contributed by atoms with van der Waals surface area (Å²) in [6.45, 7) is 2.22. The van der Waals surface area contributed by atoms with Crippen LogP contribution in [0.2, 0.25) is 0 Å². The number of ether oxygens (including phenoxy) is 1. The van der Waals surface area contributed by atoms with Gasteiger partial charge in [0.1, 0.15) is 11.8 Å². The van der Waals surface area contributed by atoms with Crippen molar-refractivity contribution >= 4 is 11.4 Å². The molecule has 2 rings (SSSR count). The second-order valence-electron chi connectivity index (χ2n) is 3.75. The third-order valence-corrected chi connectivity index (χ3v) is 2.40. The Kier molecular flexibility index (Phi) is 3.94. The molecule has 1 heterocycles. The molecule has 4 nitrogen and oxygen atoms in total. The van der Waals surface area contributed by atoms with Crippen LogP contribution < -0.4 is 10.1 Å². The molecule has 1 aromatic carbocycles. The summed E-state index contributed by atoms with van der Waals surface area (Å²) in [6.07, 6.45) is 1.52. The van der Waals surface area contributed by atoms with Crippen LogP contribution in [0.25, 0.3) is 0 Å². The van der Waals surface area contributed by atoms with E-state index in [1.54, 1.807) is 31.2 Å². The Morgan fingerprint density at radius 2 is 2.11 bits per heavy atom. The zero-order chi connectivity index (χ0) is 13.7. The number of pyridine rings is 1. The molecule has 0 atom stereocenters. The van der Waals surface area contributed by atoms with Gasteiger partial charge in [0.2, 0.25) is 0 Å². The largest absolute Gasteiger partial charge is 0.491 e. The molecule has 0 radical (unpaired) electrons. The van der Waals surface area contributed by atoms with Crippen molar-refractivity contribution in [2.75, 3.05) is 11.9 Å². The lowest BCUT2D eigenvalue weighted by Gasteiger charge is -2.09. The van der Waals surface area contributed by atoms with Crippen molar-refractivity contribution in [2.24, 2.45) is 0 Å². The van der Waals surface area contributed by atoms with Gasteiger partial charge in [0, 0.05) is 11.8 Å². The van der Waals surface area contributed by atoms with Crippen LogP contribution in [0, 0.1) is 17.1 Å². The van der Waals surface area contributed by atoms with Gasteiger partial charge in [-0.05, 0) is 31.2 Å². The quantitative estimate of drug-likeness (QED) is 0.913. The van der Waals surface area contributed by atoms with E-state index in [0.717, 1.165) is 0 Å². The molecule has 0 aliphatic heterocycles. The molecule has 0 saturated heterocycles. The maximum atomic E-state index is 13.6. The van der Waals surface area contributed by atoms with Crippen molar-refractivity contribution in [1.82, 2.24) is 4.98 Å². The first-order valence-corrected chi connectivity index (χ1v) is 5.78. The smallest absolute Gasteiger partial charge is 0.167 e. The molecule has 1 aromatic heterocycles. The van der Waals surface area contributed by atoms with Gasteiger partial charge in [-0.1, -0.05) is 0 Å². The van der Waals surface area contributed by atoms with E-state index in [4.69, 9.17) is 10.00 Å². The van der Waals surface area contributed by atoms with Gasteiger partial charge in [-0.15, -0.1) is 0 Å². The summed E-state index contributed by atoms with van der Waals surface area (Å²) in [5.41, 5.74) is 1.61. The lowest BCUT2D eigenvalue weighted by molar-refractivity contribution is 0.321. The minimum atomic E-state index is -0.423. The van der Waals surface area contributed by atoms with Crippen molar-refractivity contribution in [3.63, 3.8) is 0 Å². The van der Waals surface area contributed by atoms with Gasteiger partial charge in [-0.2, -0.15) is 5.26 Å². The van der Waals surface area contributed by atoms with E-state index in [9.17, 15) is 4.39 Å². The highest BCUT2D eigenvalue weighted by Gasteiger charge is 2.04. The Hall–Kier alpha value is -2.61. The van der Waals surface area contributed by atoms with Gasteiger partial charge in [-0.3, -0.25) is 0 Å². The maximum Gasteiger partial charge on any atom is 0.167 e. The maximum absolute atomic E-state index is 13.6. The third-order valence-electron chi connectivity index (χ3n) is 2.40. The molecule has 0 saturated carbocycles. The summed E-state index contributed by atoms with van der Waals surface area (Å²) in [4.78, 5) is 3.92. The van der Waals surface area contributed by atoms with Crippen LogP contribution in [0.4, 0.5) is 15.8 Å². The number of nitriles is 1. The molecule has 0 bridgehead atoms. The van der Waals surface area contributed by atoms with E-state index in [1.807, 2.05) is 6.07 Å².